The molecule has 0 radical (unpaired) electrons. The number of carbonyl (C=O) groups excluding carboxylic acids is 1. The molecule has 0 saturated heterocycles. The van der Waals surface area contributed by atoms with E-state index in [0.29, 0.717) is 0 Å². The molecule has 166 valence electrons. The molecule has 5 atom stereocenters. The highest BCUT2D eigenvalue weighted by Crippen LogP contribution is 2.22. The average Bonchev–Trinajstić information content (AvgIpc) is 2.61. The first kappa shape index (κ1) is 25.5. The van der Waals surface area contributed by atoms with Crippen LogP contribution >= 0.6 is 19.8 Å². The van der Waals surface area contributed by atoms with Crippen molar-refractivity contribution in [2.75, 3.05) is 13.3 Å². The molecule has 0 amide bonds. The number of alkyl halides is 2. The van der Waals surface area contributed by atoms with Gasteiger partial charge in [0.25, 0.3) is 13.7 Å². The molecule has 1 heterocycles. The molecule has 0 saturated carbocycles. The number of nitrogens with one attached hydrogen (secondary N) is 2. The topological polar surface area (TPSA) is 149 Å². The molecule has 0 fully saturated rings. The number of esters is 1. The quantitative estimate of drug-likeness (QED) is 0.227. The highest BCUT2D eigenvalue weighted by Gasteiger charge is 2.26. The number of halogens is 2. The Hall–Kier alpha value is -1.56. The van der Waals surface area contributed by atoms with Crippen molar-refractivity contribution in [1.29, 1.82) is 0 Å². The number of aromatic amines is 1. The zero-order valence-corrected chi connectivity index (χ0v) is 17.7. The maximum atomic E-state index is 13.4. The van der Waals surface area contributed by atoms with Gasteiger partial charge in [-0.15, -0.1) is 0 Å². The van der Waals surface area contributed by atoms with Crippen molar-refractivity contribution in [2.45, 2.75) is 50.8 Å². The first-order valence-electron chi connectivity index (χ1n) is 8.54. The van der Waals surface area contributed by atoms with E-state index in [0.717, 1.165) is 16.8 Å². The van der Waals surface area contributed by atoms with Crippen LogP contribution in [0.5, 0.6) is 0 Å². The van der Waals surface area contributed by atoms with Gasteiger partial charge in [-0.3, -0.25) is 23.7 Å². The van der Waals surface area contributed by atoms with E-state index in [9.17, 15) is 28.4 Å². The second kappa shape index (κ2) is 12.2. The molecular weight excluding hydrogens is 436 g/mol. The van der Waals surface area contributed by atoms with E-state index in [1.807, 2.05) is 4.98 Å². The molecule has 0 bridgehead atoms. The molecule has 3 N–H and O–H groups in total. The summed E-state index contributed by atoms with van der Waals surface area (Å²) in [5, 5.41) is 12.0. The minimum Gasteiger partial charge on any atom is -0.462 e. The van der Waals surface area contributed by atoms with E-state index in [4.69, 9.17) is 25.6 Å². The van der Waals surface area contributed by atoms with E-state index < -0.39 is 62.6 Å². The van der Waals surface area contributed by atoms with Crippen molar-refractivity contribution in [3.05, 3.63) is 33.1 Å². The van der Waals surface area contributed by atoms with Crippen molar-refractivity contribution in [2.24, 2.45) is 0 Å². The van der Waals surface area contributed by atoms with Gasteiger partial charge >= 0.3 is 11.7 Å². The van der Waals surface area contributed by atoms with Crippen LogP contribution in [0.4, 0.5) is 4.39 Å². The van der Waals surface area contributed by atoms with Crippen LogP contribution in [0.25, 0.3) is 0 Å². The van der Waals surface area contributed by atoms with Crippen molar-refractivity contribution in [3.8, 4) is 0 Å². The van der Waals surface area contributed by atoms with Crippen LogP contribution in [-0.2, 0) is 23.4 Å². The molecule has 1 rings (SSSR count). The largest absolute Gasteiger partial charge is 0.462 e. The van der Waals surface area contributed by atoms with Gasteiger partial charge in [0.2, 0.25) is 0 Å². The summed E-state index contributed by atoms with van der Waals surface area (Å²) in [6, 6.07) is 0.0541. The van der Waals surface area contributed by atoms with E-state index in [1.54, 1.807) is 13.8 Å². The summed E-state index contributed by atoms with van der Waals surface area (Å²) in [4.78, 5) is 36.5. The lowest BCUT2D eigenvalue weighted by atomic mass is 10.4. The van der Waals surface area contributed by atoms with Gasteiger partial charge in [-0.2, -0.15) is 0 Å². The van der Waals surface area contributed by atoms with Gasteiger partial charge in [-0.25, -0.2) is 14.3 Å². The predicted molar refractivity (Wildman–Crippen MR) is 102 cm³/mol. The van der Waals surface area contributed by atoms with Crippen molar-refractivity contribution in [1.82, 2.24) is 14.6 Å². The third-order valence-corrected chi connectivity index (χ3v) is 4.73. The number of aromatic nitrogens is 2. The van der Waals surface area contributed by atoms with Crippen LogP contribution in [-0.4, -0.2) is 57.7 Å². The molecule has 0 aliphatic carbocycles. The normalized spacial score (nSPS) is 16.8. The highest BCUT2D eigenvalue weighted by atomic mass is 35.5. The fourth-order valence-corrected chi connectivity index (χ4v) is 2.99. The van der Waals surface area contributed by atoms with Crippen molar-refractivity contribution < 1.29 is 32.9 Å². The standard InChI is InChI=1S/C15H24ClFN3O8P/c1-8(2)27-14(23)9(3)19-29(25)26-7-10(13(16)22)28-12(6-17)20-5-4-11(21)18-15(20)24/h4-5,8-10,12-13,22,29H,6-7H2,1-3H3,(H,19,25)(H,18,21,24)/t9-,10+,12+,13+/m0/s1. The van der Waals surface area contributed by atoms with Crippen LogP contribution in [0, 0.1) is 0 Å². The molecule has 1 unspecified atom stereocenters. The maximum Gasteiger partial charge on any atom is 0.330 e. The molecule has 29 heavy (non-hydrogen) atoms. The zero-order chi connectivity index (χ0) is 22.1. The predicted octanol–water partition coefficient (Wildman–Crippen LogP) is 0.283. The SMILES string of the molecule is CC(C)OC(=O)[C@H](C)N[PH](=O)OC[C@@H](O[C@H](CF)n1ccc(=O)[nH]c1=O)[C@@H](O)Cl. The second-order valence-electron chi connectivity index (χ2n) is 6.12. The molecule has 0 aliphatic heterocycles. The summed E-state index contributed by atoms with van der Waals surface area (Å²) in [5.41, 5.74) is -3.31. The fraction of sp³-hybridized carbons (Fsp3) is 0.667. The molecule has 0 aromatic carbocycles. The number of carbonyl (C=O) groups is 1. The third kappa shape index (κ3) is 8.77. The van der Waals surface area contributed by atoms with E-state index in [2.05, 4.69) is 5.09 Å². The Morgan fingerprint density at radius 2 is 2.07 bits per heavy atom. The van der Waals surface area contributed by atoms with Crippen LogP contribution in [0.15, 0.2) is 21.9 Å². The van der Waals surface area contributed by atoms with E-state index >= 15 is 0 Å². The van der Waals surface area contributed by atoms with Crippen molar-refractivity contribution in [3.63, 3.8) is 0 Å². The summed E-state index contributed by atoms with van der Waals surface area (Å²) in [6.45, 7) is 2.99. The summed E-state index contributed by atoms with van der Waals surface area (Å²) >= 11 is 5.59. The summed E-state index contributed by atoms with van der Waals surface area (Å²) in [5.74, 6) is -0.637. The Labute approximate surface area is 171 Å². The van der Waals surface area contributed by atoms with Gasteiger partial charge in [-0.1, -0.05) is 11.6 Å². The molecule has 0 aliphatic rings. The molecule has 1 aromatic heterocycles. The van der Waals surface area contributed by atoms with Crippen LogP contribution in [0.3, 0.4) is 0 Å². The Morgan fingerprint density at radius 3 is 2.59 bits per heavy atom. The van der Waals surface area contributed by atoms with Crippen LogP contribution < -0.4 is 16.3 Å². The van der Waals surface area contributed by atoms with Gasteiger partial charge in [0.15, 0.2) is 11.8 Å². The number of rotatable bonds is 12. The Morgan fingerprint density at radius 1 is 1.41 bits per heavy atom. The minimum atomic E-state index is -2.98. The average molecular weight is 460 g/mol. The second-order valence-corrected chi connectivity index (χ2v) is 7.72. The molecule has 14 heteroatoms. The lowest BCUT2D eigenvalue weighted by Crippen LogP contribution is -2.38. The molecular formula is C15H24ClFN3O8P. The number of aliphatic hydroxyl groups excluding tert-OH is 1. The van der Waals surface area contributed by atoms with Crippen molar-refractivity contribution >= 4 is 25.7 Å². The highest BCUT2D eigenvalue weighted by molar-refractivity contribution is 7.36. The molecule has 11 nitrogen and oxygen atoms in total. The van der Waals surface area contributed by atoms with Crippen LogP contribution in [0.1, 0.15) is 27.0 Å². The lowest BCUT2D eigenvalue weighted by Gasteiger charge is -2.25. The summed E-state index contributed by atoms with van der Waals surface area (Å²) < 4.78 is 41.3. The molecule has 0 spiro atoms. The van der Waals surface area contributed by atoms with Gasteiger partial charge < -0.3 is 19.1 Å². The van der Waals surface area contributed by atoms with Crippen LogP contribution in [0.2, 0.25) is 0 Å². The summed E-state index contributed by atoms with van der Waals surface area (Å²) in [6.07, 6.45) is -2.26. The monoisotopic (exact) mass is 459 g/mol. The van der Waals surface area contributed by atoms with Gasteiger partial charge in [0, 0.05) is 12.3 Å². The number of hydrogen-bond acceptors (Lipinski definition) is 8. The number of hydrogen-bond donors (Lipinski definition) is 3. The first-order valence-corrected chi connectivity index (χ1v) is 10.3. The Bertz CT molecular complexity index is 802. The molecule has 1 aromatic rings. The van der Waals surface area contributed by atoms with Gasteiger partial charge in [0.05, 0.1) is 12.7 Å². The number of nitrogens with zero attached hydrogens (tertiary/aromatic N) is 1. The summed E-state index contributed by atoms with van der Waals surface area (Å²) in [7, 11) is -2.98. The fourth-order valence-electron chi connectivity index (χ4n) is 1.99. The zero-order valence-electron chi connectivity index (χ0n) is 16.0. The number of ether oxygens (including phenoxy) is 2. The maximum absolute atomic E-state index is 13.4. The Kier molecular flexibility index (Phi) is 10.7. The number of H-pyrrole nitrogens is 1. The Balaban J connectivity index is 2.70. The van der Waals surface area contributed by atoms with E-state index in [1.165, 1.54) is 6.92 Å². The van der Waals surface area contributed by atoms with Gasteiger partial charge in [-0.05, 0) is 20.8 Å². The minimum absolute atomic E-state index is 0.354. The third-order valence-electron chi connectivity index (χ3n) is 3.35. The lowest BCUT2D eigenvalue weighted by molar-refractivity contribution is -0.149. The first-order chi connectivity index (χ1) is 13.5. The number of aliphatic hydroxyl groups is 1. The van der Waals surface area contributed by atoms with Gasteiger partial charge in [0.1, 0.15) is 18.8 Å². The van der Waals surface area contributed by atoms with E-state index in [-0.39, 0.29) is 6.10 Å². The smallest absolute Gasteiger partial charge is 0.330 e.